The van der Waals surface area contributed by atoms with Gasteiger partial charge in [-0.05, 0) is 51.3 Å². The lowest BCUT2D eigenvalue weighted by molar-refractivity contribution is -0.131. The van der Waals surface area contributed by atoms with E-state index < -0.39 is 16.1 Å². The van der Waals surface area contributed by atoms with Gasteiger partial charge in [0.1, 0.15) is 15.4 Å². The molecule has 0 radical (unpaired) electrons. The number of likely N-dealkylation sites (tertiary alicyclic amines) is 2. The maximum Gasteiger partial charge on any atom is 0.250 e. The number of hydrogen-bond donors (Lipinski definition) is 1. The number of halogens is 1. The molecular weight excluding hydrogens is 432 g/mol. The Bertz CT molecular complexity index is 1020. The van der Waals surface area contributed by atoms with Gasteiger partial charge in [-0.2, -0.15) is 4.72 Å². The second-order valence-corrected chi connectivity index (χ2v) is 11.3. The molecule has 7 nitrogen and oxygen atoms in total. The van der Waals surface area contributed by atoms with E-state index in [1.54, 1.807) is 12.1 Å². The molecule has 158 valence electrons. The third-order valence-electron chi connectivity index (χ3n) is 5.79. The van der Waals surface area contributed by atoms with Crippen LogP contribution in [0.3, 0.4) is 0 Å². The summed E-state index contributed by atoms with van der Waals surface area (Å²) in [5.41, 5.74) is 0.541. The third kappa shape index (κ3) is 4.29. The van der Waals surface area contributed by atoms with E-state index >= 15 is 0 Å². The largest absolute Gasteiger partial charge is 0.338 e. The quantitative estimate of drug-likeness (QED) is 0.699. The summed E-state index contributed by atoms with van der Waals surface area (Å²) in [4.78, 5) is 21.3. The highest BCUT2D eigenvalue weighted by Crippen LogP contribution is 2.30. The fourth-order valence-corrected chi connectivity index (χ4v) is 6.86. The van der Waals surface area contributed by atoms with E-state index in [0.717, 1.165) is 42.0 Å². The van der Waals surface area contributed by atoms with E-state index in [1.807, 2.05) is 4.90 Å². The SMILES string of the molecule is CC(C)N1CCC(N2CCC(NS(=O)(=O)c3cc4nc(Cl)ccc4s3)C2=O)CC1. The lowest BCUT2D eigenvalue weighted by Crippen LogP contribution is -2.49. The third-order valence-corrected chi connectivity index (χ3v) is 9.03. The van der Waals surface area contributed by atoms with Gasteiger partial charge in [0.2, 0.25) is 5.91 Å². The Morgan fingerprint density at radius 1 is 1.21 bits per heavy atom. The summed E-state index contributed by atoms with van der Waals surface area (Å²) in [5, 5.41) is 0.317. The molecule has 0 aromatic carbocycles. The van der Waals surface area contributed by atoms with E-state index in [4.69, 9.17) is 11.6 Å². The van der Waals surface area contributed by atoms with Crippen LogP contribution in [0.1, 0.15) is 33.1 Å². The summed E-state index contributed by atoms with van der Waals surface area (Å²) in [5.74, 6) is -0.112. The van der Waals surface area contributed by atoms with Gasteiger partial charge in [-0.15, -0.1) is 11.3 Å². The second-order valence-electron chi connectivity index (χ2n) is 7.94. The molecule has 0 spiro atoms. The number of rotatable bonds is 5. The van der Waals surface area contributed by atoms with Crippen LogP contribution in [0.15, 0.2) is 22.4 Å². The molecule has 2 aromatic rings. The van der Waals surface area contributed by atoms with Gasteiger partial charge in [0, 0.05) is 31.7 Å². The van der Waals surface area contributed by atoms with Crippen molar-refractivity contribution in [1.29, 1.82) is 0 Å². The molecule has 1 N–H and O–H groups in total. The van der Waals surface area contributed by atoms with Crippen LogP contribution in [0.4, 0.5) is 0 Å². The van der Waals surface area contributed by atoms with Crippen LogP contribution in [0.2, 0.25) is 5.15 Å². The summed E-state index contributed by atoms with van der Waals surface area (Å²) in [6.07, 6.45) is 2.37. The first kappa shape index (κ1) is 21.0. The first-order chi connectivity index (χ1) is 13.7. The number of fused-ring (bicyclic) bond motifs is 1. The van der Waals surface area contributed by atoms with Gasteiger partial charge < -0.3 is 9.80 Å². The number of carbonyl (C=O) groups is 1. The van der Waals surface area contributed by atoms with Crippen molar-refractivity contribution in [2.24, 2.45) is 0 Å². The van der Waals surface area contributed by atoms with Gasteiger partial charge in [-0.1, -0.05) is 11.6 Å². The number of piperidine rings is 1. The monoisotopic (exact) mass is 456 g/mol. The lowest BCUT2D eigenvalue weighted by atomic mass is 10.0. The second kappa shape index (κ2) is 8.11. The molecule has 29 heavy (non-hydrogen) atoms. The number of carbonyl (C=O) groups excluding carboxylic acids is 1. The van der Waals surface area contributed by atoms with E-state index in [0.29, 0.717) is 29.7 Å². The Morgan fingerprint density at radius 3 is 2.62 bits per heavy atom. The minimum atomic E-state index is -3.80. The molecule has 2 aliphatic heterocycles. The number of sulfonamides is 1. The van der Waals surface area contributed by atoms with Crippen LogP contribution >= 0.6 is 22.9 Å². The molecule has 4 heterocycles. The first-order valence-electron chi connectivity index (χ1n) is 9.87. The predicted octanol–water partition coefficient (Wildman–Crippen LogP) is 2.70. The Kier molecular flexibility index (Phi) is 5.87. The van der Waals surface area contributed by atoms with Crippen LogP contribution < -0.4 is 4.72 Å². The van der Waals surface area contributed by atoms with Gasteiger partial charge >= 0.3 is 0 Å². The number of amides is 1. The molecule has 2 fully saturated rings. The van der Waals surface area contributed by atoms with Gasteiger partial charge in [0.15, 0.2) is 0 Å². The number of aromatic nitrogens is 1. The first-order valence-corrected chi connectivity index (χ1v) is 12.6. The van der Waals surface area contributed by atoms with Crippen molar-refractivity contribution in [1.82, 2.24) is 19.5 Å². The maximum atomic E-state index is 12.9. The van der Waals surface area contributed by atoms with Crippen molar-refractivity contribution < 1.29 is 13.2 Å². The lowest BCUT2D eigenvalue weighted by Gasteiger charge is -2.38. The zero-order valence-corrected chi connectivity index (χ0v) is 18.9. The number of nitrogens with one attached hydrogen (secondary N) is 1. The average Bonchev–Trinajstić information content (AvgIpc) is 3.26. The number of pyridine rings is 1. The molecule has 10 heteroatoms. The Labute approximate surface area is 180 Å². The van der Waals surface area contributed by atoms with Gasteiger partial charge in [0.25, 0.3) is 10.0 Å². The minimum absolute atomic E-state index is 0.112. The molecule has 2 saturated heterocycles. The molecule has 1 amide bonds. The van der Waals surface area contributed by atoms with Crippen molar-refractivity contribution in [2.45, 2.75) is 55.4 Å². The van der Waals surface area contributed by atoms with E-state index in [-0.39, 0.29) is 16.2 Å². The molecule has 0 saturated carbocycles. The Hall–Kier alpha value is -1.26. The Balaban J connectivity index is 1.43. The van der Waals surface area contributed by atoms with E-state index in [9.17, 15) is 13.2 Å². The van der Waals surface area contributed by atoms with Crippen molar-refractivity contribution >= 4 is 49.1 Å². The number of hydrogen-bond acceptors (Lipinski definition) is 6. The fourth-order valence-electron chi connectivity index (χ4n) is 4.14. The van der Waals surface area contributed by atoms with Crippen LogP contribution in [-0.4, -0.2) is 66.9 Å². The highest BCUT2D eigenvalue weighted by molar-refractivity contribution is 7.91. The van der Waals surface area contributed by atoms with E-state index in [1.165, 1.54) is 6.07 Å². The number of thiophene rings is 1. The summed E-state index contributed by atoms with van der Waals surface area (Å²) in [6, 6.07) is 4.89. The smallest absolute Gasteiger partial charge is 0.250 e. The summed E-state index contributed by atoms with van der Waals surface area (Å²) >= 11 is 7.02. The van der Waals surface area contributed by atoms with Gasteiger partial charge in [-0.25, -0.2) is 13.4 Å². The van der Waals surface area contributed by atoms with Crippen LogP contribution in [0.5, 0.6) is 0 Å². The molecular formula is C19H25ClN4O3S2. The maximum absolute atomic E-state index is 12.9. The highest BCUT2D eigenvalue weighted by Gasteiger charge is 2.39. The Morgan fingerprint density at radius 2 is 1.93 bits per heavy atom. The fraction of sp³-hybridized carbons (Fsp3) is 0.579. The topological polar surface area (TPSA) is 82.6 Å². The molecule has 2 aromatic heterocycles. The van der Waals surface area contributed by atoms with Crippen molar-refractivity contribution in [3.05, 3.63) is 23.4 Å². The minimum Gasteiger partial charge on any atom is -0.338 e. The van der Waals surface area contributed by atoms with Crippen LogP contribution in [0, 0.1) is 0 Å². The molecule has 1 atom stereocenters. The van der Waals surface area contributed by atoms with Crippen LogP contribution in [0.25, 0.3) is 10.2 Å². The normalized spacial score (nSPS) is 22.3. The standard InChI is InChI=1S/C19H25ClN4O3S2/c1-12(2)23-8-5-13(6-9-23)24-10-7-14(19(24)25)22-29(26,27)18-11-15-16(28-18)3-4-17(20)21-15/h3-4,11-14,22H,5-10H2,1-2H3. The van der Waals surface area contributed by atoms with Crippen molar-refractivity contribution in [3.8, 4) is 0 Å². The molecule has 4 rings (SSSR count). The number of nitrogens with zero attached hydrogens (tertiary/aromatic N) is 3. The summed E-state index contributed by atoms with van der Waals surface area (Å²) in [6.45, 7) is 6.91. The zero-order valence-electron chi connectivity index (χ0n) is 16.5. The average molecular weight is 457 g/mol. The predicted molar refractivity (Wildman–Crippen MR) is 115 cm³/mol. The van der Waals surface area contributed by atoms with Gasteiger partial charge in [0.05, 0.1) is 10.2 Å². The highest BCUT2D eigenvalue weighted by atomic mass is 35.5. The summed E-state index contributed by atoms with van der Waals surface area (Å²) in [7, 11) is -3.80. The van der Waals surface area contributed by atoms with Crippen LogP contribution in [-0.2, 0) is 14.8 Å². The van der Waals surface area contributed by atoms with E-state index in [2.05, 4.69) is 28.5 Å². The zero-order chi connectivity index (χ0) is 20.8. The van der Waals surface area contributed by atoms with Crippen molar-refractivity contribution in [3.63, 3.8) is 0 Å². The molecule has 1 unspecified atom stereocenters. The summed E-state index contributed by atoms with van der Waals surface area (Å²) < 4.78 is 29.2. The van der Waals surface area contributed by atoms with Gasteiger partial charge in [-0.3, -0.25) is 4.79 Å². The van der Waals surface area contributed by atoms with Crippen molar-refractivity contribution in [2.75, 3.05) is 19.6 Å². The molecule has 0 aliphatic carbocycles. The molecule has 0 bridgehead atoms. The molecule has 2 aliphatic rings.